The van der Waals surface area contributed by atoms with E-state index in [1.165, 1.54) is 10.8 Å². The fourth-order valence-corrected chi connectivity index (χ4v) is 5.09. The zero-order chi connectivity index (χ0) is 24.5. The van der Waals surface area contributed by atoms with Crippen LogP contribution in [0.25, 0.3) is 10.9 Å². The normalized spacial score (nSPS) is 11.5. The van der Waals surface area contributed by atoms with Crippen molar-refractivity contribution in [2.75, 3.05) is 5.32 Å². The van der Waals surface area contributed by atoms with Crippen LogP contribution in [0.4, 0.5) is 10.1 Å². The van der Waals surface area contributed by atoms with Gasteiger partial charge in [-0.05, 0) is 67.4 Å². The largest absolute Gasteiger partial charge is 0.336 e. The molecule has 0 radical (unpaired) electrons. The summed E-state index contributed by atoms with van der Waals surface area (Å²) in [6, 6.07) is 16.8. The van der Waals surface area contributed by atoms with Crippen molar-refractivity contribution in [1.29, 1.82) is 0 Å². The number of hydrogen-bond donors (Lipinski definition) is 1. The van der Waals surface area contributed by atoms with Gasteiger partial charge in [-0.2, -0.15) is 0 Å². The quantitative estimate of drug-likeness (QED) is 0.414. The van der Waals surface area contributed by atoms with E-state index in [2.05, 4.69) is 5.32 Å². The lowest BCUT2D eigenvalue weighted by atomic mass is 10.1. The van der Waals surface area contributed by atoms with Gasteiger partial charge in [0.1, 0.15) is 17.3 Å². The number of pyridine rings is 1. The lowest BCUT2D eigenvalue weighted by Gasteiger charge is -2.15. The van der Waals surface area contributed by atoms with Crippen LogP contribution in [-0.4, -0.2) is 18.9 Å². The van der Waals surface area contributed by atoms with E-state index in [0.717, 1.165) is 41.8 Å². The van der Waals surface area contributed by atoms with Crippen molar-refractivity contribution >= 4 is 32.3 Å². The molecule has 0 bridgehead atoms. The summed E-state index contributed by atoms with van der Waals surface area (Å²) in [5.74, 6) is -0.964. The number of nitrogens with zero attached hydrogens (tertiary/aromatic N) is 1. The average Bonchev–Trinajstić information content (AvgIpc) is 2.81. The third-order valence-corrected chi connectivity index (χ3v) is 7.34. The van der Waals surface area contributed by atoms with Gasteiger partial charge < -0.3 is 9.88 Å². The molecular formula is C26H23FN2O4S. The Hall–Kier alpha value is -3.78. The van der Waals surface area contributed by atoms with E-state index in [0.29, 0.717) is 11.2 Å². The number of benzene rings is 3. The van der Waals surface area contributed by atoms with Gasteiger partial charge in [0.15, 0.2) is 0 Å². The summed E-state index contributed by atoms with van der Waals surface area (Å²) < 4.78 is 41.3. The Morgan fingerprint density at radius 1 is 1.00 bits per heavy atom. The topological polar surface area (TPSA) is 85.2 Å². The van der Waals surface area contributed by atoms with Crippen molar-refractivity contribution in [3.05, 3.63) is 100 Å². The molecule has 8 heteroatoms. The Labute approximate surface area is 196 Å². The first kappa shape index (κ1) is 23.4. The highest BCUT2D eigenvalue weighted by atomic mass is 32.2. The SMILES string of the molecule is CCc1ccc(NC(=O)Cn2cc(S(=O)(=O)c3ccc(F)cc3)c(=O)c3cc(C)ccc32)cc1. The van der Waals surface area contributed by atoms with Gasteiger partial charge in [-0.25, -0.2) is 12.8 Å². The molecule has 0 fully saturated rings. The second-order valence-corrected chi connectivity index (χ2v) is 9.95. The summed E-state index contributed by atoms with van der Waals surface area (Å²) in [4.78, 5) is 25.3. The van der Waals surface area contributed by atoms with Crippen LogP contribution >= 0.6 is 0 Å². The molecule has 6 nitrogen and oxygen atoms in total. The predicted octanol–water partition coefficient (Wildman–Crippen LogP) is 4.48. The summed E-state index contributed by atoms with van der Waals surface area (Å²) >= 11 is 0. The van der Waals surface area contributed by atoms with Crippen molar-refractivity contribution in [3.63, 3.8) is 0 Å². The molecule has 4 aromatic rings. The standard InChI is InChI=1S/C26H23FN2O4S/c1-3-18-5-9-20(10-6-18)28-25(30)16-29-15-24(26(31)22-14-17(2)4-13-23(22)29)34(32,33)21-11-7-19(27)8-12-21/h4-15H,3,16H2,1-2H3,(H,28,30). The Morgan fingerprint density at radius 2 is 1.68 bits per heavy atom. The molecule has 174 valence electrons. The summed E-state index contributed by atoms with van der Waals surface area (Å²) in [7, 11) is -4.25. The van der Waals surface area contributed by atoms with Crippen molar-refractivity contribution < 1.29 is 17.6 Å². The molecule has 1 heterocycles. The van der Waals surface area contributed by atoms with E-state index in [4.69, 9.17) is 0 Å². The maximum atomic E-state index is 13.3. The van der Waals surface area contributed by atoms with E-state index >= 15 is 0 Å². The minimum Gasteiger partial charge on any atom is -0.336 e. The van der Waals surface area contributed by atoms with Gasteiger partial charge >= 0.3 is 0 Å². The van der Waals surface area contributed by atoms with Crippen LogP contribution in [-0.2, 0) is 27.6 Å². The summed E-state index contributed by atoms with van der Waals surface area (Å²) in [5, 5.41) is 2.98. The molecule has 1 aromatic heterocycles. The lowest BCUT2D eigenvalue weighted by Crippen LogP contribution is -2.24. The number of amides is 1. The molecule has 0 atom stereocenters. The number of fused-ring (bicyclic) bond motifs is 1. The van der Waals surface area contributed by atoms with Crippen LogP contribution in [0.5, 0.6) is 0 Å². The second kappa shape index (κ2) is 9.23. The third-order valence-electron chi connectivity index (χ3n) is 5.58. The molecular weight excluding hydrogens is 455 g/mol. The highest BCUT2D eigenvalue weighted by Gasteiger charge is 2.24. The van der Waals surface area contributed by atoms with Crippen LogP contribution < -0.4 is 10.7 Å². The number of aromatic nitrogens is 1. The third kappa shape index (κ3) is 4.63. The number of anilines is 1. The van der Waals surface area contributed by atoms with Gasteiger partial charge in [-0.3, -0.25) is 9.59 Å². The fraction of sp³-hybridized carbons (Fsp3) is 0.154. The monoisotopic (exact) mass is 478 g/mol. The van der Waals surface area contributed by atoms with E-state index < -0.39 is 26.0 Å². The average molecular weight is 479 g/mol. The van der Waals surface area contributed by atoms with Gasteiger partial charge in [-0.1, -0.05) is 30.7 Å². The maximum absolute atomic E-state index is 13.3. The smallest absolute Gasteiger partial charge is 0.244 e. The minimum absolute atomic E-state index is 0.184. The van der Waals surface area contributed by atoms with Gasteiger partial charge in [0.25, 0.3) is 0 Å². The minimum atomic E-state index is -4.25. The fourth-order valence-electron chi connectivity index (χ4n) is 3.73. The molecule has 0 aliphatic rings. The first-order chi connectivity index (χ1) is 16.2. The molecule has 0 aliphatic heterocycles. The zero-order valence-electron chi connectivity index (χ0n) is 18.7. The first-order valence-corrected chi connectivity index (χ1v) is 12.2. The van der Waals surface area contributed by atoms with Crippen LogP contribution in [0.15, 0.2) is 87.5 Å². The van der Waals surface area contributed by atoms with Crippen molar-refractivity contribution in [1.82, 2.24) is 4.57 Å². The van der Waals surface area contributed by atoms with Gasteiger partial charge in [0, 0.05) is 17.3 Å². The number of hydrogen-bond acceptors (Lipinski definition) is 4. The molecule has 0 saturated carbocycles. The van der Waals surface area contributed by atoms with E-state index in [-0.39, 0.29) is 22.7 Å². The van der Waals surface area contributed by atoms with Crippen molar-refractivity contribution in [2.24, 2.45) is 0 Å². The molecule has 0 saturated heterocycles. The van der Waals surface area contributed by atoms with Gasteiger partial charge in [0.05, 0.1) is 10.4 Å². The highest BCUT2D eigenvalue weighted by Crippen LogP contribution is 2.22. The number of carbonyl (C=O) groups is 1. The Bertz CT molecular complexity index is 1540. The Kier molecular flexibility index (Phi) is 6.34. The predicted molar refractivity (Wildman–Crippen MR) is 129 cm³/mol. The van der Waals surface area contributed by atoms with Gasteiger partial charge in [-0.15, -0.1) is 0 Å². The molecule has 4 rings (SSSR count). The Balaban J connectivity index is 1.78. The van der Waals surface area contributed by atoms with Crippen LogP contribution in [0, 0.1) is 12.7 Å². The van der Waals surface area contributed by atoms with Crippen LogP contribution in [0.3, 0.4) is 0 Å². The van der Waals surface area contributed by atoms with E-state index in [9.17, 15) is 22.4 Å². The molecule has 0 unspecified atom stereocenters. The van der Waals surface area contributed by atoms with Crippen molar-refractivity contribution in [2.45, 2.75) is 36.6 Å². The number of nitrogens with one attached hydrogen (secondary N) is 1. The Morgan fingerprint density at radius 3 is 2.32 bits per heavy atom. The van der Waals surface area contributed by atoms with Crippen LogP contribution in [0.1, 0.15) is 18.1 Å². The molecule has 0 spiro atoms. The summed E-state index contributed by atoms with van der Waals surface area (Å²) in [6.45, 7) is 3.62. The number of rotatable bonds is 6. The van der Waals surface area contributed by atoms with E-state index in [1.807, 2.05) is 19.1 Å². The van der Waals surface area contributed by atoms with Gasteiger partial charge in [0.2, 0.25) is 21.2 Å². The summed E-state index contributed by atoms with van der Waals surface area (Å²) in [6.07, 6.45) is 2.06. The second-order valence-electron chi connectivity index (χ2n) is 8.03. The molecule has 1 amide bonds. The first-order valence-electron chi connectivity index (χ1n) is 10.7. The molecule has 3 aromatic carbocycles. The van der Waals surface area contributed by atoms with Crippen molar-refractivity contribution in [3.8, 4) is 0 Å². The van der Waals surface area contributed by atoms with E-state index in [1.54, 1.807) is 37.3 Å². The zero-order valence-corrected chi connectivity index (χ0v) is 19.5. The van der Waals surface area contributed by atoms with Crippen LogP contribution in [0.2, 0.25) is 0 Å². The number of sulfone groups is 1. The lowest BCUT2D eigenvalue weighted by molar-refractivity contribution is -0.116. The maximum Gasteiger partial charge on any atom is 0.244 e. The number of aryl methyl sites for hydroxylation is 2. The molecule has 34 heavy (non-hydrogen) atoms. The summed E-state index contributed by atoms with van der Waals surface area (Å²) in [5.41, 5.74) is 2.28. The highest BCUT2D eigenvalue weighted by molar-refractivity contribution is 7.91. The number of carbonyl (C=O) groups excluding carboxylic acids is 1. The number of halogens is 1. The molecule has 0 aliphatic carbocycles. The molecule has 1 N–H and O–H groups in total.